The summed E-state index contributed by atoms with van der Waals surface area (Å²) in [6, 6.07) is 12.0. The molecule has 1 saturated heterocycles. The van der Waals surface area contributed by atoms with Crippen molar-refractivity contribution >= 4 is 29.1 Å². The molecule has 2 amide bonds. The van der Waals surface area contributed by atoms with Crippen molar-refractivity contribution in [3.05, 3.63) is 59.4 Å². The van der Waals surface area contributed by atoms with Gasteiger partial charge >= 0.3 is 0 Å². The number of aromatic nitrogens is 2. The molecule has 2 aliphatic rings. The molecule has 1 aromatic heterocycles. The van der Waals surface area contributed by atoms with Crippen molar-refractivity contribution in [2.24, 2.45) is 10.3 Å². The van der Waals surface area contributed by atoms with Crippen LogP contribution in [-0.4, -0.2) is 45.7 Å². The molecule has 11 heteroatoms. The van der Waals surface area contributed by atoms with Gasteiger partial charge in [0.2, 0.25) is 11.7 Å². The zero-order valence-corrected chi connectivity index (χ0v) is 17.6. The lowest BCUT2D eigenvalue weighted by Gasteiger charge is -2.19. The highest BCUT2D eigenvalue weighted by molar-refractivity contribution is 6.30. The Bertz CT molecular complexity index is 1190. The van der Waals surface area contributed by atoms with E-state index in [0.29, 0.717) is 28.9 Å². The number of rotatable bonds is 6. The average Bonchev–Trinajstić information content (AvgIpc) is 3.48. The average molecular weight is 453 g/mol. The molecule has 2 aliphatic heterocycles. The van der Waals surface area contributed by atoms with Gasteiger partial charge in [-0.05, 0) is 55.5 Å². The smallest absolute Gasteiger partial charge is 0.263 e. The molecule has 162 valence electrons. The summed E-state index contributed by atoms with van der Waals surface area (Å²) in [6.07, 6.45) is 0. The fourth-order valence-corrected chi connectivity index (χ4v) is 3.77. The van der Waals surface area contributed by atoms with Gasteiger partial charge in [0, 0.05) is 10.6 Å². The van der Waals surface area contributed by atoms with E-state index < -0.39 is 23.9 Å². The van der Waals surface area contributed by atoms with Crippen LogP contribution in [0.3, 0.4) is 0 Å². The predicted octanol–water partition coefficient (Wildman–Crippen LogP) is 3.28. The standard InChI is InChI=1S/C21H17ClN6O4/c1-2-31-15-9-7-14(8-10-15)28-20(29)17-18(21(28)30)27(26-24-17)11-16-23-19(25-32-16)12-3-5-13(22)6-4-12/h3-10,17-18H,2,11H2,1H3/t17-,18-/m0/s1. The van der Waals surface area contributed by atoms with Crippen LogP contribution in [0.5, 0.6) is 5.75 Å². The van der Waals surface area contributed by atoms with Gasteiger partial charge in [-0.2, -0.15) is 10.1 Å². The monoisotopic (exact) mass is 452 g/mol. The summed E-state index contributed by atoms with van der Waals surface area (Å²) in [7, 11) is 0. The minimum absolute atomic E-state index is 0.0430. The Morgan fingerprint density at radius 3 is 2.53 bits per heavy atom. The summed E-state index contributed by atoms with van der Waals surface area (Å²) in [4.78, 5) is 31.4. The van der Waals surface area contributed by atoms with E-state index in [1.807, 2.05) is 6.92 Å². The first-order chi connectivity index (χ1) is 15.5. The highest BCUT2D eigenvalue weighted by Gasteiger charge is 2.55. The summed E-state index contributed by atoms with van der Waals surface area (Å²) < 4.78 is 10.7. The molecule has 0 unspecified atom stereocenters. The van der Waals surface area contributed by atoms with E-state index in [9.17, 15) is 9.59 Å². The Morgan fingerprint density at radius 1 is 1.06 bits per heavy atom. The number of carbonyl (C=O) groups excluding carboxylic acids is 2. The number of carbonyl (C=O) groups is 2. The number of amides is 2. The first-order valence-electron chi connectivity index (χ1n) is 9.92. The van der Waals surface area contributed by atoms with E-state index in [-0.39, 0.29) is 12.4 Å². The Morgan fingerprint density at radius 2 is 1.81 bits per heavy atom. The van der Waals surface area contributed by atoms with Crippen LogP contribution in [0.2, 0.25) is 5.02 Å². The number of hydrogen-bond donors (Lipinski definition) is 0. The summed E-state index contributed by atoms with van der Waals surface area (Å²) in [5, 5.41) is 14.0. The third kappa shape index (κ3) is 3.48. The number of hydrogen-bond acceptors (Lipinski definition) is 9. The van der Waals surface area contributed by atoms with Gasteiger partial charge in [-0.1, -0.05) is 22.0 Å². The summed E-state index contributed by atoms with van der Waals surface area (Å²) in [5.41, 5.74) is 1.19. The van der Waals surface area contributed by atoms with Crippen molar-refractivity contribution in [2.75, 3.05) is 11.5 Å². The number of anilines is 1. The number of imide groups is 1. The molecule has 0 radical (unpaired) electrons. The normalized spacial score (nSPS) is 19.7. The number of ether oxygens (including phenoxy) is 1. The van der Waals surface area contributed by atoms with Gasteiger partial charge < -0.3 is 9.26 Å². The van der Waals surface area contributed by atoms with Crippen LogP contribution in [0.15, 0.2) is 63.4 Å². The van der Waals surface area contributed by atoms with Gasteiger partial charge in [-0.3, -0.25) is 14.6 Å². The third-order valence-corrected chi connectivity index (χ3v) is 5.38. The quantitative estimate of drug-likeness (QED) is 0.527. The molecule has 0 aliphatic carbocycles. The maximum Gasteiger partial charge on any atom is 0.263 e. The maximum absolute atomic E-state index is 13.1. The molecule has 32 heavy (non-hydrogen) atoms. The number of halogens is 1. The SMILES string of the molecule is CCOc1ccc(N2C(=O)[C@H]3N=NN(Cc4nc(-c5ccc(Cl)cc5)no4)[C@@H]3C2=O)cc1. The second kappa shape index (κ2) is 8.04. The van der Waals surface area contributed by atoms with E-state index in [2.05, 4.69) is 20.5 Å². The highest BCUT2D eigenvalue weighted by Crippen LogP contribution is 2.33. The van der Waals surface area contributed by atoms with Gasteiger partial charge in [0.1, 0.15) is 12.3 Å². The summed E-state index contributed by atoms with van der Waals surface area (Å²) >= 11 is 5.91. The largest absolute Gasteiger partial charge is 0.494 e. The zero-order chi connectivity index (χ0) is 22.2. The molecule has 2 atom stereocenters. The second-order valence-corrected chi connectivity index (χ2v) is 7.59. The Hall–Kier alpha value is -3.79. The van der Waals surface area contributed by atoms with Crippen LogP contribution < -0.4 is 9.64 Å². The van der Waals surface area contributed by atoms with E-state index >= 15 is 0 Å². The lowest BCUT2D eigenvalue weighted by Crippen LogP contribution is -2.39. The van der Waals surface area contributed by atoms with Crippen molar-refractivity contribution in [1.82, 2.24) is 15.1 Å². The van der Waals surface area contributed by atoms with Crippen LogP contribution in [0.4, 0.5) is 5.69 Å². The minimum Gasteiger partial charge on any atom is -0.494 e. The van der Waals surface area contributed by atoms with E-state index in [1.54, 1.807) is 48.5 Å². The van der Waals surface area contributed by atoms with Gasteiger partial charge in [0.15, 0.2) is 12.1 Å². The number of nitrogens with zero attached hydrogens (tertiary/aromatic N) is 6. The van der Waals surface area contributed by atoms with Crippen LogP contribution in [-0.2, 0) is 16.1 Å². The number of benzene rings is 2. The van der Waals surface area contributed by atoms with Gasteiger partial charge in [-0.25, -0.2) is 4.90 Å². The van der Waals surface area contributed by atoms with Crippen LogP contribution >= 0.6 is 11.6 Å². The van der Waals surface area contributed by atoms with Crippen molar-refractivity contribution in [2.45, 2.75) is 25.6 Å². The first kappa shape index (κ1) is 20.1. The Balaban J connectivity index is 1.33. The van der Waals surface area contributed by atoms with Crippen LogP contribution in [0.25, 0.3) is 11.4 Å². The maximum atomic E-state index is 13.1. The first-order valence-corrected chi connectivity index (χ1v) is 10.3. The molecular weight excluding hydrogens is 436 g/mol. The third-order valence-electron chi connectivity index (χ3n) is 5.13. The molecule has 10 nitrogen and oxygen atoms in total. The fraction of sp³-hybridized carbons (Fsp3) is 0.238. The molecule has 0 N–H and O–H groups in total. The van der Waals surface area contributed by atoms with Crippen molar-refractivity contribution in [3.8, 4) is 17.1 Å². The van der Waals surface area contributed by atoms with E-state index in [0.717, 1.165) is 10.5 Å². The van der Waals surface area contributed by atoms with Gasteiger partial charge in [0.25, 0.3) is 11.8 Å². The fourth-order valence-electron chi connectivity index (χ4n) is 3.64. The van der Waals surface area contributed by atoms with E-state index in [1.165, 1.54) is 5.01 Å². The van der Waals surface area contributed by atoms with Crippen molar-refractivity contribution in [3.63, 3.8) is 0 Å². The summed E-state index contributed by atoms with van der Waals surface area (Å²) in [5.74, 6) is 0.447. The topological polar surface area (TPSA) is 113 Å². The minimum atomic E-state index is -0.910. The molecule has 0 bridgehead atoms. The molecule has 3 aromatic rings. The Kier molecular flexibility index (Phi) is 5.06. The molecule has 2 aromatic carbocycles. The lowest BCUT2D eigenvalue weighted by molar-refractivity contribution is -0.123. The zero-order valence-electron chi connectivity index (χ0n) is 16.9. The van der Waals surface area contributed by atoms with Crippen LogP contribution in [0, 0.1) is 0 Å². The van der Waals surface area contributed by atoms with Gasteiger partial charge in [-0.15, -0.1) is 0 Å². The second-order valence-electron chi connectivity index (χ2n) is 7.15. The predicted molar refractivity (Wildman–Crippen MR) is 113 cm³/mol. The van der Waals surface area contributed by atoms with Crippen molar-refractivity contribution in [1.29, 1.82) is 0 Å². The molecular formula is C21H17ClN6O4. The highest BCUT2D eigenvalue weighted by atomic mass is 35.5. The molecule has 0 saturated carbocycles. The number of fused-ring (bicyclic) bond motifs is 1. The van der Waals surface area contributed by atoms with Crippen molar-refractivity contribution < 1.29 is 18.8 Å². The molecule has 3 heterocycles. The lowest BCUT2D eigenvalue weighted by atomic mass is 10.1. The molecule has 0 spiro atoms. The molecule has 1 fully saturated rings. The van der Waals surface area contributed by atoms with E-state index in [4.69, 9.17) is 20.9 Å². The summed E-state index contributed by atoms with van der Waals surface area (Å²) in [6.45, 7) is 2.45. The molecule has 5 rings (SSSR count). The van der Waals surface area contributed by atoms with Gasteiger partial charge in [0.05, 0.1) is 12.3 Å². The Labute approximate surface area is 187 Å². The van der Waals surface area contributed by atoms with Crippen LogP contribution in [0.1, 0.15) is 12.8 Å².